The molecule has 5 nitrogen and oxygen atoms in total. The summed E-state index contributed by atoms with van der Waals surface area (Å²) in [6.45, 7) is 4.61. The maximum Gasteiger partial charge on any atom is 0.228 e. The molecule has 2 amide bonds. The van der Waals surface area contributed by atoms with Crippen molar-refractivity contribution in [3.05, 3.63) is 59.2 Å². The van der Waals surface area contributed by atoms with Crippen molar-refractivity contribution < 1.29 is 14.3 Å². The van der Waals surface area contributed by atoms with Gasteiger partial charge in [-0.2, -0.15) is 0 Å². The van der Waals surface area contributed by atoms with Crippen molar-refractivity contribution in [1.82, 2.24) is 5.32 Å². The third kappa shape index (κ3) is 4.53. The fourth-order valence-electron chi connectivity index (χ4n) is 3.46. The first-order valence-electron chi connectivity index (χ1n) is 9.89. The maximum atomic E-state index is 12.7. The van der Waals surface area contributed by atoms with Gasteiger partial charge in [0.15, 0.2) is 0 Å². The van der Waals surface area contributed by atoms with E-state index in [1.54, 1.807) is 7.11 Å². The Kier molecular flexibility index (Phi) is 6.34. The second-order valence-electron chi connectivity index (χ2n) is 7.16. The van der Waals surface area contributed by atoms with Gasteiger partial charge < -0.3 is 15.4 Å². The standard InChI is InChI=1S/C23H28N2O3/c1-4-16-7-6-8-17(5-2)21(16)25-23(27)20-13-19(20)22(26)24-14-15-9-11-18(28-3)12-10-15/h6-12,19-20H,4-5,13-14H2,1-3H3,(H,24,26)(H,25,27). The third-order valence-electron chi connectivity index (χ3n) is 5.34. The Bertz CT molecular complexity index is 823. The van der Waals surface area contributed by atoms with Gasteiger partial charge in [0, 0.05) is 12.2 Å². The van der Waals surface area contributed by atoms with Crippen molar-refractivity contribution in [2.45, 2.75) is 39.7 Å². The van der Waals surface area contributed by atoms with Gasteiger partial charge in [-0.25, -0.2) is 0 Å². The van der Waals surface area contributed by atoms with Crippen molar-refractivity contribution in [3.8, 4) is 5.75 Å². The van der Waals surface area contributed by atoms with Crippen LogP contribution in [-0.4, -0.2) is 18.9 Å². The molecule has 0 bridgehead atoms. The van der Waals surface area contributed by atoms with Crippen LogP contribution in [0.15, 0.2) is 42.5 Å². The summed E-state index contributed by atoms with van der Waals surface area (Å²) in [6, 6.07) is 13.7. The van der Waals surface area contributed by atoms with Gasteiger partial charge in [-0.15, -0.1) is 0 Å². The van der Waals surface area contributed by atoms with Gasteiger partial charge in [-0.1, -0.05) is 44.2 Å². The van der Waals surface area contributed by atoms with Crippen LogP contribution >= 0.6 is 0 Å². The molecule has 0 spiro atoms. The second-order valence-corrected chi connectivity index (χ2v) is 7.16. The van der Waals surface area contributed by atoms with Crippen LogP contribution in [0.4, 0.5) is 5.69 Å². The van der Waals surface area contributed by atoms with E-state index in [9.17, 15) is 9.59 Å². The van der Waals surface area contributed by atoms with E-state index in [1.807, 2.05) is 42.5 Å². The van der Waals surface area contributed by atoms with Gasteiger partial charge in [0.05, 0.1) is 18.9 Å². The smallest absolute Gasteiger partial charge is 0.228 e. The Morgan fingerprint density at radius 2 is 1.57 bits per heavy atom. The Labute approximate surface area is 166 Å². The van der Waals surface area contributed by atoms with E-state index in [4.69, 9.17) is 4.74 Å². The van der Waals surface area contributed by atoms with Crippen molar-refractivity contribution in [2.24, 2.45) is 11.8 Å². The van der Waals surface area contributed by atoms with Crippen LogP contribution < -0.4 is 15.4 Å². The summed E-state index contributed by atoms with van der Waals surface area (Å²) in [5.41, 5.74) is 4.18. The number of ether oxygens (including phenoxy) is 1. The molecule has 1 aliphatic rings. The number of benzene rings is 2. The number of carbonyl (C=O) groups excluding carboxylic acids is 2. The van der Waals surface area contributed by atoms with Crippen molar-refractivity contribution in [2.75, 3.05) is 12.4 Å². The zero-order chi connectivity index (χ0) is 20.1. The first-order chi connectivity index (χ1) is 13.6. The molecule has 28 heavy (non-hydrogen) atoms. The number of amides is 2. The number of hydrogen-bond donors (Lipinski definition) is 2. The summed E-state index contributed by atoms with van der Waals surface area (Å²) < 4.78 is 5.13. The predicted octanol–water partition coefficient (Wildman–Crippen LogP) is 3.71. The topological polar surface area (TPSA) is 67.4 Å². The minimum absolute atomic E-state index is 0.0554. The molecule has 2 unspecified atom stereocenters. The lowest BCUT2D eigenvalue weighted by Gasteiger charge is -2.14. The van der Waals surface area contributed by atoms with Crippen molar-refractivity contribution in [3.63, 3.8) is 0 Å². The molecule has 2 aromatic carbocycles. The summed E-state index contributed by atoms with van der Waals surface area (Å²) in [5.74, 6) is 0.186. The lowest BCUT2D eigenvalue weighted by atomic mass is 10.0. The lowest BCUT2D eigenvalue weighted by Crippen LogP contribution is -2.27. The quantitative estimate of drug-likeness (QED) is 0.734. The normalized spacial score (nSPS) is 17.7. The van der Waals surface area contributed by atoms with Crippen LogP contribution in [0.25, 0.3) is 0 Å². The Hall–Kier alpha value is -2.82. The summed E-state index contributed by atoms with van der Waals surface area (Å²) in [5, 5.41) is 6.01. The third-order valence-corrected chi connectivity index (χ3v) is 5.34. The summed E-state index contributed by atoms with van der Waals surface area (Å²) in [6.07, 6.45) is 2.33. The van der Waals surface area contributed by atoms with E-state index in [2.05, 4.69) is 24.5 Å². The predicted molar refractivity (Wildman–Crippen MR) is 110 cm³/mol. The SMILES string of the molecule is CCc1cccc(CC)c1NC(=O)C1CC1C(=O)NCc1ccc(OC)cc1. The van der Waals surface area contributed by atoms with Gasteiger partial charge in [0.2, 0.25) is 11.8 Å². The number of carbonyl (C=O) groups is 2. The number of aryl methyl sites for hydroxylation is 2. The minimum Gasteiger partial charge on any atom is -0.497 e. The fraction of sp³-hybridized carbons (Fsp3) is 0.391. The Morgan fingerprint density at radius 1 is 0.964 bits per heavy atom. The zero-order valence-corrected chi connectivity index (χ0v) is 16.7. The van der Waals surface area contributed by atoms with Gasteiger partial charge in [0.1, 0.15) is 5.75 Å². The number of methoxy groups -OCH3 is 1. The first kappa shape index (κ1) is 19.9. The largest absolute Gasteiger partial charge is 0.497 e. The van der Waals surface area contributed by atoms with Gasteiger partial charge in [-0.3, -0.25) is 9.59 Å². The summed E-state index contributed by atoms with van der Waals surface area (Å²) in [7, 11) is 1.62. The molecule has 2 atom stereocenters. The van der Waals surface area contributed by atoms with E-state index in [1.165, 1.54) is 0 Å². The monoisotopic (exact) mass is 380 g/mol. The van der Waals surface area contributed by atoms with Crippen molar-refractivity contribution in [1.29, 1.82) is 0 Å². The molecule has 1 saturated carbocycles. The average molecular weight is 380 g/mol. The Balaban J connectivity index is 1.54. The van der Waals surface area contributed by atoms with Gasteiger partial charge in [0.25, 0.3) is 0 Å². The van der Waals surface area contributed by atoms with E-state index in [0.29, 0.717) is 13.0 Å². The number of rotatable bonds is 8. The minimum atomic E-state index is -0.245. The van der Waals surface area contributed by atoms with Crippen LogP contribution in [0.3, 0.4) is 0 Å². The maximum absolute atomic E-state index is 12.7. The van der Waals surface area contributed by atoms with Gasteiger partial charge >= 0.3 is 0 Å². The number of nitrogens with one attached hydrogen (secondary N) is 2. The van der Waals surface area contributed by atoms with E-state index in [-0.39, 0.29) is 23.7 Å². The van der Waals surface area contributed by atoms with Crippen LogP contribution in [0.1, 0.15) is 37.0 Å². The van der Waals surface area contributed by atoms with Crippen LogP contribution in [0.2, 0.25) is 0 Å². The molecule has 1 fully saturated rings. The molecule has 5 heteroatoms. The van der Waals surface area contributed by atoms with Crippen LogP contribution in [0, 0.1) is 11.8 Å². The van der Waals surface area contributed by atoms with Crippen molar-refractivity contribution >= 4 is 17.5 Å². The number of hydrogen-bond acceptors (Lipinski definition) is 3. The highest BCUT2D eigenvalue weighted by Crippen LogP contribution is 2.40. The molecule has 0 saturated heterocycles. The highest BCUT2D eigenvalue weighted by atomic mass is 16.5. The first-order valence-corrected chi connectivity index (χ1v) is 9.89. The molecular formula is C23H28N2O3. The highest BCUT2D eigenvalue weighted by molar-refractivity contribution is 6.00. The van der Waals surface area contributed by atoms with Gasteiger partial charge in [-0.05, 0) is 48.1 Å². The highest BCUT2D eigenvalue weighted by Gasteiger charge is 2.48. The molecule has 0 aromatic heterocycles. The van der Waals surface area contributed by atoms with E-state index >= 15 is 0 Å². The average Bonchev–Trinajstić information content (AvgIpc) is 3.53. The van der Waals surface area contributed by atoms with Crippen LogP contribution in [-0.2, 0) is 29.0 Å². The molecule has 1 aliphatic carbocycles. The Morgan fingerprint density at radius 3 is 2.14 bits per heavy atom. The van der Waals surface area contributed by atoms with E-state index < -0.39 is 0 Å². The van der Waals surface area contributed by atoms with Crippen LogP contribution in [0.5, 0.6) is 5.75 Å². The lowest BCUT2D eigenvalue weighted by molar-refractivity contribution is -0.125. The zero-order valence-electron chi connectivity index (χ0n) is 16.7. The molecule has 0 heterocycles. The molecule has 2 N–H and O–H groups in total. The molecule has 148 valence electrons. The number of anilines is 1. The molecule has 0 aliphatic heterocycles. The molecule has 0 radical (unpaired) electrons. The number of para-hydroxylation sites is 1. The summed E-state index contributed by atoms with van der Waals surface area (Å²) in [4.78, 5) is 25.1. The fourth-order valence-corrected chi connectivity index (χ4v) is 3.46. The molecule has 3 rings (SSSR count). The second kappa shape index (κ2) is 8.91. The van der Waals surface area contributed by atoms with E-state index in [0.717, 1.165) is 41.0 Å². The summed E-state index contributed by atoms with van der Waals surface area (Å²) >= 11 is 0. The molecular weight excluding hydrogens is 352 g/mol. The molecule has 2 aromatic rings.